The van der Waals surface area contributed by atoms with Crippen molar-refractivity contribution in [1.29, 1.82) is 0 Å². The third-order valence-electron chi connectivity index (χ3n) is 2.71. The number of carbonyl (C=O) groups is 2. The van der Waals surface area contributed by atoms with Gasteiger partial charge < -0.3 is 9.64 Å². The molecule has 0 aromatic carbocycles. The minimum absolute atomic E-state index is 0.000671. The van der Waals surface area contributed by atoms with Crippen LogP contribution in [0.3, 0.4) is 0 Å². The first-order chi connectivity index (χ1) is 8.29. The van der Waals surface area contributed by atoms with Crippen LogP contribution in [0.2, 0.25) is 0 Å². The maximum atomic E-state index is 12.0. The van der Waals surface area contributed by atoms with Gasteiger partial charge in [-0.15, -0.1) is 11.6 Å². The fourth-order valence-corrected chi connectivity index (χ4v) is 2.21. The highest BCUT2D eigenvalue weighted by Gasteiger charge is 2.27. The molecule has 0 aromatic heterocycles. The van der Waals surface area contributed by atoms with Gasteiger partial charge in [-0.1, -0.05) is 12.8 Å². The molecule has 0 N–H and O–H groups in total. The molecule has 0 bridgehead atoms. The van der Waals surface area contributed by atoms with E-state index in [0.29, 0.717) is 13.0 Å². The molecular formula is C13H22ClNO3. The average Bonchev–Trinajstić information content (AvgIpc) is 2.21. The van der Waals surface area contributed by atoms with Gasteiger partial charge in [-0.05, 0) is 33.6 Å². The summed E-state index contributed by atoms with van der Waals surface area (Å²) in [6.45, 7) is 6.01. The van der Waals surface area contributed by atoms with Gasteiger partial charge in [0, 0.05) is 6.54 Å². The zero-order chi connectivity index (χ0) is 13.8. The molecule has 0 radical (unpaired) electrons. The standard InChI is InChI=1S/C13H22ClNO3/c1-13(2,3)18-11(16)9-15-8-6-4-5-7-10(14)12(15)17/h10H,4-9H2,1-3H3. The van der Waals surface area contributed by atoms with Crippen molar-refractivity contribution in [2.24, 2.45) is 0 Å². The summed E-state index contributed by atoms with van der Waals surface area (Å²) in [5, 5.41) is -0.507. The lowest BCUT2D eigenvalue weighted by atomic mass is 10.1. The topological polar surface area (TPSA) is 46.6 Å². The summed E-state index contributed by atoms with van der Waals surface area (Å²) < 4.78 is 5.22. The van der Waals surface area contributed by atoms with Crippen LogP contribution in [0.25, 0.3) is 0 Å². The molecule has 18 heavy (non-hydrogen) atoms. The maximum Gasteiger partial charge on any atom is 0.326 e. The number of likely N-dealkylation sites (tertiary alicyclic amines) is 1. The number of hydrogen-bond acceptors (Lipinski definition) is 3. The van der Waals surface area contributed by atoms with Crippen LogP contribution in [-0.2, 0) is 14.3 Å². The first kappa shape index (κ1) is 15.3. The highest BCUT2D eigenvalue weighted by Crippen LogP contribution is 2.17. The van der Waals surface area contributed by atoms with Gasteiger partial charge in [0.25, 0.3) is 0 Å². The fraction of sp³-hybridized carbons (Fsp3) is 0.846. The molecular weight excluding hydrogens is 254 g/mol. The van der Waals surface area contributed by atoms with Crippen LogP contribution >= 0.6 is 11.6 Å². The van der Waals surface area contributed by atoms with Crippen LogP contribution in [0.5, 0.6) is 0 Å². The minimum Gasteiger partial charge on any atom is -0.459 e. The minimum atomic E-state index is -0.525. The molecule has 1 atom stereocenters. The predicted octanol–water partition coefficient (Wildman–Crippen LogP) is 2.34. The van der Waals surface area contributed by atoms with Crippen LogP contribution in [0.15, 0.2) is 0 Å². The second-order valence-corrected chi connectivity index (χ2v) is 6.19. The zero-order valence-corrected chi connectivity index (χ0v) is 12.1. The lowest BCUT2D eigenvalue weighted by Gasteiger charge is -2.28. The SMILES string of the molecule is CC(C)(C)OC(=O)CN1CCCCCC(Cl)C1=O. The maximum absolute atomic E-state index is 12.0. The van der Waals surface area contributed by atoms with Crippen LogP contribution in [0.1, 0.15) is 46.5 Å². The van der Waals surface area contributed by atoms with Crippen molar-refractivity contribution in [2.45, 2.75) is 57.4 Å². The number of amides is 1. The number of hydrogen-bond donors (Lipinski definition) is 0. The summed E-state index contributed by atoms with van der Waals surface area (Å²) >= 11 is 6.01. The van der Waals surface area contributed by atoms with Crippen molar-refractivity contribution in [3.63, 3.8) is 0 Å². The van der Waals surface area contributed by atoms with Crippen LogP contribution in [0, 0.1) is 0 Å². The second kappa shape index (κ2) is 6.41. The molecule has 1 heterocycles. The van der Waals surface area contributed by atoms with Crippen molar-refractivity contribution < 1.29 is 14.3 Å². The summed E-state index contributed by atoms with van der Waals surface area (Å²) in [6, 6.07) is 0. The number of halogens is 1. The van der Waals surface area contributed by atoms with Crippen LogP contribution in [0.4, 0.5) is 0 Å². The number of rotatable bonds is 2. The summed E-state index contributed by atoms with van der Waals surface area (Å²) in [4.78, 5) is 25.2. The number of alkyl halides is 1. The molecule has 1 saturated heterocycles. The Balaban J connectivity index is 2.56. The Hall–Kier alpha value is -0.770. The Morgan fingerprint density at radius 1 is 1.39 bits per heavy atom. The molecule has 0 aromatic rings. The lowest BCUT2D eigenvalue weighted by Crippen LogP contribution is -2.43. The quantitative estimate of drug-likeness (QED) is 0.574. The van der Waals surface area contributed by atoms with E-state index >= 15 is 0 Å². The Bertz CT molecular complexity index is 312. The molecule has 4 nitrogen and oxygen atoms in total. The predicted molar refractivity (Wildman–Crippen MR) is 70.5 cm³/mol. The average molecular weight is 276 g/mol. The molecule has 0 aliphatic carbocycles. The molecule has 1 unspecified atom stereocenters. The molecule has 1 aliphatic rings. The molecule has 0 saturated carbocycles. The van der Waals surface area contributed by atoms with E-state index < -0.39 is 11.0 Å². The van der Waals surface area contributed by atoms with E-state index in [9.17, 15) is 9.59 Å². The Labute approximate surface area is 114 Å². The van der Waals surface area contributed by atoms with E-state index in [2.05, 4.69) is 0 Å². The monoisotopic (exact) mass is 275 g/mol. The third-order valence-corrected chi connectivity index (χ3v) is 3.11. The van der Waals surface area contributed by atoms with E-state index in [1.54, 1.807) is 0 Å². The number of esters is 1. The summed E-state index contributed by atoms with van der Waals surface area (Å²) in [5.74, 6) is -0.525. The molecule has 5 heteroatoms. The van der Waals surface area contributed by atoms with Gasteiger partial charge in [0.05, 0.1) is 0 Å². The molecule has 1 fully saturated rings. The number of nitrogens with zero attached hydrogens (tertiary/aromatic N) is 1. The van der Waals surface area contributed by atoms with Crippen molar-refractivity contribution in [3.05, 3.63) is 0 Å². The summed E-state index contributed by atoms with van der Waals surface area (Å²) in [7, 11) is 0. The van der Waals surface area contributed by atoms with Gasteiger partial charge in [-0.25, -0.2) is 0 Å². The fourth-order valence-electron chi connectivity index (χ4n) is 1.92. The smallest absolute Gasteiger partial charge is 0.326 e. The van der Waals surface area contributed by atoms with E-state index in [4.69, 9.17) is 16.3 Å². The summed E-state index contributed by atoms with van der Waals surface area (Å²) in [5.41, 5.74) is -0.525. The molecule has 104 valence electrons. The van der Waals surface area contributed by atoms with Gasteiger partial charge in [0.1, 0.15) is 17.5 Å². The molecule has 1 amide bonds. The van der Waals surface area contributed by atoms with Crippen molar-refractivity contribution in [1.82, 2.24) is 4.90 Å². The van der Waals surface area contributed by atoms with Gasteiger partial charge in [-0.3, -0.25) is 9.59 Å². The molecule has 1 aliphatic heterocycles. The van der Waals surface area contributed by atoms with E-state index in [-0.39, 0.29) is 18.4 Å². The molecule has 0 spiro atoms. The number of carbonyl (C=O) groups excluding carboxylic acids is 2. The van der Waals surface area contributed by atoms with Crippen LogP contribution < -0.4 is 0 Å². The Morgan fingerprint density at radius 3 is 2.67 bits per heavy atom. The Morgan fingerprint density at radius 2 is 2.06 bits per heavy atom. The highest BCUT2D eigenvalue weighted by atomic mass is 35.5. The Kier molecular flexibility index (Phi) is 5.45. The van der Waals surface area contributed by atoms with E-state index in [1.807, 2.05) is 20.8 Å². The van der Waals surface area contributed by atoms with Gasteiger partial charge in [-0.2, -0.15) is 0 Å². The van der Waals surface area contributed by atoms with Crippen LogP contribution in [-0.4, -0.2) is 40.8 Å². The van der Waals surface area contributed by atoms with Gasteiger partial charge in [0.2, 0.25) is 5.91 Å². The largest absolute Gasteiger partial charge is 0.459 e. The van der Waals surface area contributed by atoms with Gasteiger partial charge in [0.15, 0.2) is 0 Å². The third kappa shape index (κ3) is 5.25. The van der Waals surface area contributed by atoms with E-state index in [0.717, 1.165) is 19.3 Å². The number of ether oxygens (including phenoxy) is 1. The zero-order valence-electron chi connectivity index (χ0n) is 11.4. The van der Waals surface area contributed by atoms with Crippen molar-refractivity contribution >= 4 is 23.5 Å². The highest BCUT2D eigenvalue weighted by molar-refractivity contribution is 6.30. The second-order valence-electron chi connectivity index (χ2n) is 5.66. The van der Waals surface area contributed by atoms with Gasteiger partial charge >= 0.3 is 5.97 Å². The first-order valence-electron chi connectivity index (χ1n) is 6.44. The first-order valence-corrected chi connectivity index (χ1v) is 6.88. The van der Waals surface area contributed by atoms with Crippen molar-refractivity contribution in [2.75, 3.05) is 13.1 Å². The molecule has 1 rings (SSSR count). The summed E-state index contributed by atoms with van der Waals surface area (Å²) in [6.07, 6.45) is 3.62. The normalized spacial score (nSPS) is 22.3. The van der Waals surface area contributed by atoms with Crippen molar-refractivity contribution in [3.8, 4) is 0 Å². The van der Waals surface area contributed by atoms with E-state index in [1.165, 1.54) is 4.90 Å². The lowest BCUT2D eigenvalue weighted by molar-refractivity contribution is -0.159.